The van der Waals surface area contributed by atoms with Crippen molar-refractivity contribution in [1.29, 1.82) is 0 Å². The molecule has 0 aromatic heterocycles. The molecule has 0 saturated heterocycles. The van der Waals surface area contributed by atoms with E-state index in [2.05, 4.69) is 11.3 Å². The number of hydrogen-bond donors (Lipinski definition) is 0. The monoisotopic (exact) mass is 228 g/mol. The number of carbonyl (C=O) groups is 2. The lowest BCUT2D eigenvalue weighted by Gasteiger charge is -2.25. The first kappa shape index (κ1) is 12.3. The molecule has 16 heavy (non-hydrogen) atoms. The van der Waals surface area contributed by atoms with Crippen LogP contribution in [0, 0.1) is 0 Å². The Bertz CT molecular complexity index is 405. The summed E-state index contributed by atoms with van der Waals surface area (Å²) >= 11 is 0. The van der Waals surface area contributed by atoms with Crippen LogP contribution in [-0.2, 0) is 14.3 Å². The van der Waals surface area contributed by atoms with E-state index in [0.29, 0.717) is 0 Å². The van der Waals surface area contributed by atoms with Crippen LogP contribution < -0.4 is 0 Å². The summed E-state index contributed by atoms with van der Waals surface area (Å²) in [6.45, 7) is 4.20. The van der Waals surface area contributed by atoms with Gasteiger partial charge in [0.05, 0.1) is 5.57 Å². The predicted octanol–water partition coefficient (Wildman–Crippen LogP) is 2.15. The van der Waals surface area contributed by atoms with Crippen molar-refractivity contribution in [2.75, 3.05) is 0 Å². The van der Waals surface area contributed by atoms with Gasteiger partial charge in [-0.25, -0.2) is 13.6 Å². The van der Waals surface area contributed by atoms with Crippen LogP contribution in [0.25, 0.3) is 0 Å². The summed E-state index contributed by atoms with van der Waals surface area (Å²) in [6.07, 6.45) is 1.46. The largest absolute Gasteiger partial charge is 0.428 e. The van der Waals surface area contributed by atoms with Gasteiger partial charge in [0.2, 0.25) is 0 Å². The van der Waals surface area contributed by atoms with Gasteiger partial charge in [-0.3, -0.25) is 4.79 Å². The Labute approximate surface area is 91.1 Å². The van der Waals surface area contributed by atoms with Gasteiger partial charge in [0.1, 0.15) is 17.3 Å². The van der Waals surface area contributed by atoms with Crippen LogP contribution in [0.2, 0.25) is 0 Å². The van der Waals surface area contributed by atoms with Crippen molar-refractivity contribution in [2.24, 2.45) is 0 Å². The first-order chi connectivity index (χ1) is 7.40. The normalized spacial score (nSPS) is 24.8. The van der Waals surface area contributed by atoms with Gasteiger partial charge in [-0.1, -0.05) is 6.58 Å². The molecule has 0 heterocycles. The third-order valence-corrected chi connectivity index (χ3v) is 2.13. The molecule has 0 saturated carbocycles. The standard InChI is InChI=1S/C11H10F2O3/c1-3-10(15)16-7-4-9(12)8(6-14)11(2,13)5-7/h3-4,6H,1,5H2,2H3. The maximum atomic E-state index is 13.8. The first-order valence-electron chi connectivity index (χ1n) is 4.50. The topological polar surface area (TPSA) is 43.4 Å². The van der Waals surface area contributed by atoms with Crippen LogP contribution in [0.4, 0.5) is 8.78 Å². The number of esters is 1. The Kier molecular flexibility index (Phi) is 3.37. The van der Waals surface area contributed by atoms with E-state index >= 15 is 0 Å². The second-order valence-corrected chi connectivity index (χ2v) is 3.49. The fourth-order valence-corrected chi connectivity index (χ4v) is 1.36. The number of alkyl halides is 1. The molecule has 0 amide bonds. The zero-order chi connectivity index (χ0) is 12.3. The number of carbonyl (C=O) groups excluding carboxylic acids is 2. The zero-order valence-electron chi connectivity index (χ0n) is 8.63. The highest BCUT2D eigenvalue weighted by molar-refractivity contribution is 5.83. The molecule has 1 aliphatic carbocycles. The summed E-state index contributed by atoms with van der Waals surface area (Å²) in [5.41, 5.74) is -2.75. The summed E-state index contributed by atoms with van der Waals surface area (Å²) in [7, 11) is 0. The summed E-state index contributed by atoms with van der Waals surface area (Å²) < 4.78 is 31.7. The quantitative estimate of drug-likeness (QED) is 0.422. The van der Waals surface area contributed by atoms with Crippen LogP contribution >= 0.6 is 0 Å². The number of allylic oxidation sites excluding steroid dienone is 4. The Morgan fingerprint density at radius 1 is 1.69 bits per heavy atom. The maximum absolute atomic E-state index is 13.8. The Balaban J connectivity index is 3.02. The lowest BCUT2D eigenvalue weighted by molar-refractivity contribution is -0.134. The predicted molar refractivity (Wildman–Crippen MR) is 52.7 cm³/mol. The van der Waals surface area contributed by atoms with Gasteiger partial charge in [0.15, 0.2) is 6.29 Å². The Morgan fingerprint density at radius 3 is 2.75 bits per heavy atom. The smallest absolute Gasteiger partial charge is 0.335 e. The van der Waals surface area contributed by atoms with Crippen LogP contribution in [0.15, 0.2) is 35.9 Å². The molecule has 0 aromatic carbocycles. The van der Waals surface area contributed by atoms with E-state index in [0.717, 1.165) is 19.1 Å². The molecule has 1 rings (SSSR count). The van der Waals surface area contributed by atoms with Crippen molar-refractivity contribution >= 4 is 12.3 Å². The van der Waals surface area contributed by atoms with Gasteiger partial charge in [-0.05, 0) is 6.92 Å². The molecule has 0 bridgehead atoms. The molecule has 1 aliphatic rings. The van der Waals surface area contributed by atoms with E-state index < -0.39 is 23.0 Å². The van der Waals surface area contributed by atoms with E-state index in [1.165, 1.54) is 0 Å². The van der Waals surface area contributed by atoms with E-state index in [1.807, 2.05) is 0 Å². The third kappa shape index (κ3) is 2.42. The summed E-state index contributed by atoms with van der Waals surface area (Å²) in [5.74, 6) is -2.00. The molecule has 3 nitrogen and oxygen atoms in total. The average Bonchev–Trinajstić information content (AvgIpc) is 2.15. The van der Waals surface area contributed by atoms with Crippen molar-refractivity contribution in [2.45, 2.75) is 19.0 Å². The Hall–Kier alpha value is -1.78. The van der Waals surface area contributed by atoms with Crippen LogP contribution in [0.5, 0.6) is 0 Å². The highest BCUT2D eigenvalue weighted by Gasteiger charge is 2.36. The number of aldehydes is 1. The van der Waals surface area contributed by atoms with Crippen molar-refractivity contribution in [3.05, 3.63) is 35.9 Å². The number of rotatable bonds is 3. The molecule has 0 aromatic rings. The highest BCUT2D eigenvalue weighted by atomic mass is 19.1. The number of hydrogen-bond acceptors (Lipinski definition) is 3. The summed E-state index contributed by atoms with van der Waals surface area (Å²) in [6, 6.07) is 0. The van der Waals surface area contributed by atoms with Gasteiger partial charge < -0.3 is 4.74 Å². The minimum absolute atomic E-state index is 0.123. The Morgan fingerprint density at radius 2 is 2.31 bits per heavy atom. The molecule has 0 aliphatic heterocycles. The second-order valence-electron chi connectivity index (χ2n) is 3.49. The van der Waals surface area contributed by atoms with Crippen molar-refractivity contribution in [1.82, 2.24) is 0 Å². The first-order valence-corrected chi connectivity index (χ1v) is 4.50. The zero-order valence-corrected chi connectivity index (χ0v) is 8.63. The fraction of sp³-hybridized carbons (Fsp3) is 0.273. The lowest BCUT2D eigenvalue weighted by atomic mass is 9.89. The van der Waals surface area contributed by atoms with E-state index in [9.17, 15) is 18.4 Å². The van der Waals surface area contributed by atoms with E-state index in [1.54, 1.807) is 0 Å². The van der Waals surface area contributed by atoms with E-state index in [4.69, 9.17) is 0 Å². The van der Waals surface area contributed by atoms with E-state index in [-0.39, 0.29) is 18.5 Å². The summed E-state index contributed by atoms with van der Waals surface area (Å²) in [5, 5.41) is 0. The molecule has 86 valence electrons. The molecule has 0 spiro atoms. The molecule has 0 radical (unpaired) electrons. The molecule has 0 fully saturated rings. The van der Waals surface area contributed by atoms with Crippen molar-refractivity contribution < 1.29 is 23.1 Å². The van der Waals surface area contributed by atoms with Gasteiger partial charge >= 0.3 is 5.97 Å². The molecule has 1 atom stereocenters. The molecular formula is C11H10F2O3. The number of halogens is 2. The van der Waals surface area contributed by atoms with Crippen LogP contribution in [-0.4, -0.2) is 17.9 Å². The molecule has 5 heteroatoms. The molecule has 1 unspecified atom stereocenters. The lowest BCUT2D eigenvalue weighted by Crippen LogP contribution is -2.27. The van der Waals surface area contributed by atoms with Crippen LogP contribution in [0.1, 0.15) is 13.3 Å². The average molecular weight is 228 g/mol. The molecular weight excluding hydrogens is 218 g/mol. The highest BCUT2D eigenvalue weighted by Crippen LogP contribution is 2.36. The van der Waals surface area contributed by atoms with Crippen molar-refractivity contribution in [3.63, 3.8) is 0 Å². The minimum atomic E-state index is -2.17. The third-order valence-electron chi connectivity index (χ3n) is 2.13. The van der Waals surface area contributed by atoms with Gasteiger partial charge in [0.25, 0.3) is 0 Å². The SMILES string of the molecule is C=CC(=O)OC1=CC(F)=C(C=O)C(C)(F)C1. The summed E-state index contributed by atoms with van der Waals surface area (Å²) in [4.78, 5) is 21.3. The van der Waals surface area contributed by atoms with Crippen LogP contribution in [0.3, 0.4) is 0 Å². The second kappa shape index (κ2) is 4.38. The molecule has 0 N–H and O–H groups in total. The minimum Gasteiger partial charge on any atom is -0.428 e. The van der Waals surface area contributed by atoms with Crippen molar-refractivity contribution in [3.8, 4) is 0 Å². The maximum Gasteiger partial charge on any atom is 0.335 e. The van der Waals surface area contributed by atoms with Gasteiger partial charge in [-0.2, -0.15) is 0 Å². The van der Waals surface area contributed by atoms with Gasteiger partial charge in [-0.15, -0.1) is 0 Å². The van der Waals surface area contributed by atoms with Gasteiger partial charge in [0, 0.05) is 18.6 Å². The fourth-order valence-electron chi connectivity index (χ4n) is 1.36. The number of ether oxygens (including phenoxy) is 1.